The molecule has 2 fully saturated rings. The molecule has 2 aliphatic rings. The van der Waals surface area contributed by atoms with Crippen molar-refractivity contribution in [1.29, 1.82) is 0 Å². The zero-order valence-electron chi connectivity index (χ0n) is 16.0. The number of carbonyl (C=O) groups is 1. The number of nitrogens with zero attached hydrogens (tertiary/aromatic N) is 1. The number of hydrogen-bond donors (Lipinski definition) is 1. The van der Waals surface area contributed by atoms with Crippen molar-refractivity contribution in [2.24, 2.45) is 5.92 Å². The smallest absolute Gasteiger partial charge is 0.226 e. The normalized spacial score (nSPS) is 25.3. The Morgan fingerprint density at radius 1 is 1.14 bits per heavy atom. The number of benzene rings is 1. The van der Waals surface area contributed by atoms with Crippen LogP contribution in [0.1, 0.15) is 37.2 Å². The van der Waals surface area contributed by atoms with Crippen LogP contribution < -0.4 is 4.72 Å². The molecule has 0 radical (unpaired) electrons. The van der Waals surface area contributed by atoms with Crippen LogP contribution in [0.25, 0.3) is 10.4 Å². The maximum absolute atomic E-state index is 13.0. The number of hydrogen-bond acceptors (Lipinski definition) is 4. The minimum Gasteiger partial charge on any atom is -0.342 e. The highest BCUT2D eigenvalue weighted by atomic mass is 32.2. The van der Waals surface area contributed by atoms with Crippen molar-refractivity contribution in [3.05, 3.63) is 47.3 Å². The van der Waals surface area contributed by atoms with Gasteiger partial charge in [0.15, 0.2) is 0 Å². The average Bonchev–Trinajstić information content (AvgIpc) is 3.36. The Bertz CT molecular complexity index is 940. The largest absolute Gasteiger partial charge is 0.342 e. The van der Waals surface area contributed by atoms with Gasteiger partial charge in [0, 0.05) is 29.9 Å². The Kier molecular flexibility index (Phi) is 5.58. The second kappa shape index (κ2) is 7.97. The second-order valence-electron chi connectivity index (χ2n) is 7.86. The van der Waals surface area contributed by atoms with Crippen LogP contribution in [0.15, 0.2) is 41.8 Å². The van der Waals surface area contributed by atoms with Gasteiger partial charge in [-0.3, -0.25) is 4.79 Å². The van der Waals surface area contributed by atoms with Crippen LogP contribution in [0.2, 0.25) is 0 Å². The molecule has 28 heavy (non-hydrogen) atoms. The molecule has 2 heterocycles. The number of thiophene rings is 1. The maximum atomic E-state index is 13.0. The van der Waals surface area contributed by atoms with Gasteiger partial charge in [0.25, 0.3) is 0 Å². The van der Waals surface area contributed by atoms with Gasteiger partial charge in [0.1, 0.15) is 0 Å². The highest BCUT2D eigenvalue weighted by Gasteiger charge is 2.47. The van der Waals surface area contributed by atoms with Crippen LogP contribution in [-0.4, -0.2) is 44.6 Å². The average molecular weight is 419 g/mol. The zero-order valence-corrected chi connectivity index (χ0v) is 17.6. The molecule has 0 unspecified atom stereocenters. The van der Waals surface area contributed by atoms with E-state index in [0.29, 0.717) is 18.9 Å². The molecule has 4 rings (SSSR count). The highest BCUT2D eigenvalue weighted by Crippen LogP contribution is 2.52. The summed E-state index contributed by atoms with van der Waals surface area (Å²) in [4.78, 5) is 16.3. The molecule has 1 aliphatic carbocycles. The molecule has 1 aromatic heterocycles. The topological polar surface area (TPSA) is 66.5 Å². The number of nitrogens with one attached hydrogen (secondary N) is 1. The van der Waals surface area contributed by atoms with Gasteiger partial charge < -0.3 is 4.90 Å². The number of rotatable bonds is 5. The monoisotopic (exact) mass is 418 g/mol. The van der Waals surface area contributed by atoms with Crippen molar-refractivity contribution in [3.63, 3.8) is 0 Å². The Morgan fingerprint density at radius 2 is 1.93 bits per heavy atom. The van der Waals surface area contributed by atoms with Crippen molar-refractivity contribution < 1.29 is 13.2 Å². The Labute approximate surface area is 170 Å². The van der Waals surface area contributed by atoms with E-state index in [0.717, 1.165) is 25.8 Å². The van der Waals surface area contributed by atoms with E-state index < -0.39 is 10.0 Å². The van der Waals surface area contributed by atoms with E-state index in [1.165, 1.54) is 22.3 Å². The van der Waals surface area contributed by atoms with E-state index in [1.54, 1.807) is 11.3 Å². The van der Waals surface area contributed by atoms with Crippen LogP contribution in [0.3, 0.4) is 0 Å². The summed E-state index contributed by atoms with van der Waals surface area (Å²) < 4.78 is 25.7. The van der Waals surface area contributed by atoms with Crippen molar-refractivity contribution in [3.8, 4) is 10.4 Å². The summed E-state index contributed by atoms with van der Waals surface area (Å²) in [6, 6.07) is 12.5. The van der Waals surface area contributed by atoms with Gasteiger partial charge in [0.2, 0.25) is 15.9 Å². The maximum Gasteiger partial charge on any atom is 0.226 e. The van der Waals surface area contributed by atoms with Gasteiger partial charge in [-0.2, -0.15) is 0 Å². The minimum atomic E-state index is -3.20. The molecule has 1 aliphatic heterocycles. The summed E-state index contributed by atoms with van der Waals surface area (Å²) in [5.41, 5.74) is 2.51. The summed E-state index contributed by atoms with van der Waals surface area (Å²) in [5.74, 6) is 0.605. The Hall–Kier alpha value is -1.70. The van der Waals surface area contributed by atoms with E-state index in [4.69, 9.17) is 0 Å². The molecule has 3 atom stereocenters. The summed E-state index contributed by atoms with van der Waals surface area (Å²) in [6.45, 7) is 1.35. The molecule has 2 aromatic rings. The van der Waals surface area contributed by atoms with Crippen LogP contribution >= 0.6 is 11.3 Å². The first-order chi connectivity index (χ1) is 13.4. The van der Waals surface area contributed by atoms with E-state index in [2.05, 4.69) is 28.3 Å². The lowest BCUT2D eigenvalue weighted by Gasteiger charge is -2.21. The summed E-state index contributed by atoms with van der Waals surface area (Å²) >= 11 is 1.74. The number of carbonyl (C=O) groups excluding carboxylic acids is 1. The zero-order chi connectivity index (χ0) is 19.7. The van der Waals surface area contributed by atoms with Gasteiger partial charge >= 0.3 is 0 Å². The molecular weight excluding hydrogens is 392 g/mol. The van der Waals surface area contributed by atoms with E-state index in [1.807, 2.05) is 23.1 Å². The molecular formula is C21H26N2O3S2. The molecule has 0 bridgehead atoms. The van der Waals surface area contributed by atoms with E-state index in [9.17, 15) is 13.2 Å². The third kappa shape index (κ3) is 4.47. The first-order valence-corrected chi connectivity index (χ1v) is 12.6. The SMILES string of the molecule is CS(=O)(=O)N[C@@H]1CCCN(C(=O)[C@@H]2C[C@H]2c2ccsc2-c2ccccc2)CC1. The fourth-order valence-electron chi connectivity index (χ4n) is 4.22. The van der Waals surface area contributed by atoms with E-state index >= 15 is 0 Å². The lowest BCUT2D eigenvalue weighted by atomic mass is 10.0. The molecule has 150 valence electrons. The van der Waals surface area contributed by atoms with Crippen LogP contribution in [0.4, 0.5) is 0 Å². The predicted octanol–water partition coefficient (Wildman–Crippen LogP) is 3.45. The van der Waals surface area contributed by atoms with Crippen LogP contribution in [0.5, 0.6) is 0 Å². The standard InChI is InChI=1S/C21H26N2O3S2/c1-28(25,26)22-16-8-5-11-23(12-9-16)21(24)19-14-18(19)17-10-13-27-20(17)15-6-3-2-4-7-15/h2-4,6-7,10,13,16,18-19,22H,5,8-9,11-12,14H2,1H3/t16-,18+,19-/m1/s1. The summed E-state index contributed by atoms with van der Waals surface area (Å²) in [6.07, 6.45) is 4.42. The first-order valence-electron chi connectivity index (χ1n) is 9.81. The third-order valence-corrected chi connectivity index (χ3v) is 7.40. The van der Waals surface area contributed by atoms with Gasteiger partial charge in [-0.25, -0.2) is 13.1 Å². The fraction of sp³-hybridized carbons (Fsp3) is 0.476. The molecule has 0 spiro atoms. The highest BCUT2D eigenvalue weighted by molar-refractivity contribution is 7.88. The molecule has 1 saturated carbocycles. The minimum absolute atomic E-state index is 0.0654. The number of likely N-dealkylation sites (tertiary alicyclic amines) is 1. The molecule has 1 aromatic carbocycles. The van der Waals surface area contributed by atoms with Gasteiger partial charge in [-0.05, 0) is 54.2 Å². The van der Waals surface area contributed by atoms with Gasteiger partial charge in [-0.15, -0.1) is 11.3 Å². The second-order valence-corrected chi connectivity index (χ2v) is 10.6. The fourth-order valence-corrected chi connectivity index (χ4v) is 6.04. The van der Waals surface area contributed by atoms with Crippen LogP contribution in [-0.2, 0) is 14.8 Å². The number of amides is 1. The van der Waals surface area contributed by atoms with Crippen molar-refractivity contribution in [2.45, 2.75) is 37.6 Å². The quantitative estimate of drug-likeness (QED) is 0.809. The summed E-state index contributed by atoms with van der Waals surface area (Å²) in [7, 11) is -3.20. The molecule has 5 nitrogen and oxygen atoms in total. The first kappa shape index (κ1) is 19.6. The van der Waals surface area contributed by atoms with Crippen molar-refractivity contribution >= 4 is 27.3 Å². The summed E-state index contributed by atoms with van der Waals surface area (Å²) in [5, 5.41) is 2.12. The lowest BCUT2D eigenvalue weighted by Crippen LogP contribution is -2.36. The molecule has 7 heteroatoms. The Morgan fingerprint density at radius 3 is 2.68 bits per heavy atom. The van der Waals surface area contributed by atoms with E-state index in [-0.39, 0.29) is 17.9 Å². The molecule has 1 amide bonds. The lowest BCUT2D eigenvalue weighted by molar-refractivity contribution is -0.132. The molecule has 1 saturated heterocycles. The Balaban J connectivity index is 1.40. The predicted molar refractivity (Wildman–Crippen MR) is 113 cm³/mol. The van der Waals surface area contributed by atoms with Crippen molar-refractivity contribution in [1.82, 2.24) is 9.62 Å². The molecule has 1 N–H and O–H groups in total. The third-order valence-electron chi connectivity index (χ3n) is 5.66. The van der Waals surface area contributed by atoms with Gasteiger partial charge in [0.05, 0.1) is 6.26 Å². The van der Waals surface area contributed by atoms with Gasteiger partial charge in [-0.1, -0.05) is 30.3 Å². The van der Waals surface area contributed by atoms with Crippen LogP contribution in [0, 0.1) is 5.92 Å². The number of sulfonamides is 1. The van der Waals surface area contributed by atoms with Crippen molar-refractivity contribution in [2.75, 3.05) is 19.3 Å².